The lowest BCUT2D eigenvalue weighted by Crippen LogP contribution is -2.42. The maximum atomic E-state index is 5.75. The highest BCUT2D eigenvalue weighted by Crippen LogP contribution is 2.14. The molecule has 2 N–H and O–H groups in total. The summed E-state index contributed by atoms with van der Waals surface area (Å²) in [4.78, 5) is 4.58. The Morgan fingerprint density at radius 1 is 1.33 bits per heavy atom. The fraction of sp³-hybridized carbons (Fsp3) is 0.938. The first-order valence-electron chi connectivity index (χ1n) is 8.46. The first-order valence-corrected chi connectivity index (χ1v) is 8.46. The van der Waals surface area contributed by atoms with Crippen molar-refractivity contribution in [3.8, 4) is 0 Å². The van der Waals surface area contributed by atoms with Crippen LogP contribution in [-0.4, -0.2) is 51.5 Å². The molecule has 1 heterocycles. The van der Waals surface area contributed by atoms with E-state index in [0.717, 1.165) is 71.2 Å². The Bertz CT molecular complexity index is 279. The van der Waals surface area contributed by atoms with Crippen molar-refractivity contribution >= 4 is 5.96 Å². The quantitative estimate of drug-likeness (QED) is 0.389. The van der Waals surface area contributed by atoms with Crippen LogP contribution < -0.4 is 10.6 Å². The van der Waals surface area contributed by atoms with Crippen LogP contribution in [-0.2, 0) is 9.47 Å². The molecule has 0 spiro atoms. The van der Waals surface area contributed by atoms with Crippen LogP contribution in [0, 0.1) is 5.92 Å². The Morgan fingerprint density at radius 3 is 2.76 bits per heavy atom. The zero-order chi connectivity index (χ0) is 15.3. The van der Waals surface area contributed by atoms with Crippen molar-refractivity contribution in [3.05, 3.63) is 0 Å². The van der Waals surface area contributed by atoms with Crippen LogP contribution in [0.5, 0.6) is 0 Å². The molecular formula is C16H33N3O2. The zero-order valence-electron chi connectivity index (χ0n) is 14.0. The lowest BCUT2D eigenvalue weighted by atomic mass is 10.0. The number of guanidine groups is 1. The van der Waals surface area contributed by atoms with Gasteiger partial charge in [0.15, 0.2) is 5.96 Å². The van der Waals surface area contributed by atoms with Gasteiger partial charge >= 0.3 is 0 Å². The molecular weight excluding hydrogens is 266 g/mol. The molecule has 0 aromatic carbocycles. The third-order valence-corrected chi connectivity index (χ3v) is 3.75. The molecule has 1 atom stereocenters. The van der Waals surface area contributed by atoms with Gasteiger partial charge in [-0.25, -0.2) is 0 Å². The topological polar surface area (TPSA) is 54.9 Å². The van der Waals surface area contributed by atoms with Gasteiger partial charge in [0, 0.05) is 45.6 Å². The van der Waals surface area contributed by atoms with E-state index in [-0.39, 0.29) is 0 Å². The van der Waals surface area contributed by atoms with Crippen molar-refractivity contribution in [2.45, 2.75) is 52.5 Å². The van der Waals surface area contributed by atoms with E-state index in [2.05, 4.69) is 36.4 Å². The third kappa shape index (κ3) is 8.94. The molecule has 0 saturated carbocycles. The Labute approximate surface area is 129 Å². The SMILES string of the molecule is CCNC(=NCCCOCC1CCOCC1)NC(C)CC. The molecule has 1 aliphatic rings. The number of nitrogens with one attached hydrogen (secondary N) is 2. The maximum absolute atomic E-state index is 5.75. The molecule has 1 rings (SSSR count). The van der Waals surface area contributed by atoms with Gasteiger partial charge in [-0.2, -0.15) is 0 Å². The van der Waals surface area contributed by atoms with Crippen molar-refractivity contribution in [1.82, 2.24) is 10.6 Å². The van der Waals surface area contributed by atoms with E-state index >= 15 is 0 Å². The van der Waals surface area contributed by atoms with E-state index in [4.69, 9.17) is 9.47 Å². The molecule has 0 bridgehead atoms. The van der Waals surface area contributed by atoms with Gasteiger partial charge in [0.05, 0.1) is 0 Å². The molecule has 0 aromatic rings. The minimum atomic E-state index is 0.451. The number of rotatable bonds is 9. The largest absolute Gasteiger partial charge is 0.381 e. The van der Waals surface area contributed by atoms with Crippen molar-refractivity contribution in [2.75, 3.05) is 39.5 Å². The van der Waals surface area contributed by atoms with Gasteiger partial charge in [0.25, 0.3) is 0 Å². The van der Waals surface area contributed by atoms with Gasteiger partial charge in [-0.1, -0.05) is 6.92 Å². The molecule has 124 valence electrons. The Kier molecular flexibility index (Phi) is 10.3. The van der Waals surface area contributed by atoms with E-state index in [1.54, 1.807) is 0 Å². The van der Waals surface area contributed by atoms with Crippen LogP contribution in [0.25, 0.3) is 0 Å². The minimum absolute atomic E-state index is 0.451. The Morgan fingerprint density at radius 2 is 2.10 bits per heavy atom. The van der Waals surface area contributed by atoms with Crippen LogP contribution in [0.3, 0.4) is 0 Å². The van der Waals surface area contributed by atoms with Crippen LogP contribution >= 0.6 is 0 Å². The summed E-state index contributed by atoms with van der Waals surface area (Å²) < 4.78 is 11.1. The summed E-state index contributed by atoms with van der Waals surface area (Å²) in [6.07, 6.45) is 4.35. The fourth-order valence-electron chi connectivity index (χ4n) is 2.18. The summed E-state index contributed by atoms with van der Waals surface area (Å²) in [5.74, 6) is 1.60. The molecule has 1 unspecified atom stereocenters. The predicted octanol–water partition coefficient (Wildman–Crippen LogP) is 2.17. The highest BCUT2D eigenvalue weighted by molar-refractivity contribution is 5.79. The van der Waals surface area contributed by atoms with Gasteiger partial charge in [0.2, 0.25) is 0 Å². The van der Waals surface area contributed by atoms with E-state index < -0.39 is 0 Å². The van der Waals surface area contributed by atoms with Gasteiger partial charge in [-0.15, -0.1) is 0 Å². The molecule has 21 heavy (non-hydrogen) atoms. The summed E-state index contributed by atoms with van der Waals surface area (Å²) in [5.41, 5.74) is 0. The van der Waals surface area contributed by atoms with E-state index in [9.17, 15) is 0 Å². The molecule has 1 fully saturated rings. The van der Waals surface area contributed by atoms with Gasteiger partial charge in [-0.3, -0.25) is 4.99 Å². The Hall–Kier alpha value is -0.810. The molecule has 0 amide bonds. The summed E-state index contributed by atoms with van der Waals surface area (Å²) >= 11 is 0. The van der Waals surface area contributed by atoms with E-state index in [1.807, 2.05) is 0 Å². The number of hydrogen-bond acceptors (Lipinski definition) is 3. The summed E-state index contributed by atoms with van der Waals surface area (Å²) in [6.45, 7) is 11.6. The van der Waals surface area contributed by atoms with Crippen molar-refractivity contribution in [1.29, 1.82) is 0 Å². The minimum Gasteiger partial charge on any atom is -0.381 e. The molecule has 0 aromatic heterocycles. The molecule has 0 radical (unpaired) electrons. The van der Waals surface area contributed by atoms with Gasteiger partial charge in [-0.05, 0) is 45.4 Å². The van der Waals surface area contributed by atoms with Crippen LogP contribution in [0.1, 0.15) is 46.5 Å². The second-order valence-electron chi connectivity index (χ2n) is 5.70. The van der Waals surface area contributed by atoms with Crippen LogP contribution in [0.4, 0.5) is 0 Å². The number of nitrogens with zero attached hydrogens (tertiary/aromatic N) is 1. The predicted molar refractivity (Wildman–Crippen MR) is 87.8 cm³/mol. The molecule has 5 nitrogen and oxygen atoms in total. The van der Waals surface area contributed by atoms with Crippen LogP contribution in [0.15, 0.2) is 4.99 Å². The number of hydrogen-bond donors (Lipinski definition) is 2. The van der Waals surface area contributed by atoms with Crippen molar-refractivity contribution < 1.29 is 9.47 Å². The maximum Gasteiger partial charge on any atom is 0.191 e. The van der Waals surface area contributed by atoms with Gasteiger partial charge < -0.3 is 20.1 Å². The third-order valence-electron chi connectivity index (χ3n) is 3.75. The van der Waals surface area contributed by atoms with Crippen molar-refractivity contribution in [2.24, 2.45) is 10.9 Å². The molecule has 5 heteroatoms. The highest BCUT2D eigenvalue weighted by atomic mass is 16.5. The highest BCUT2D eigenvalue weighted by Gasteiger charge is 2.13. The van der Waals surface area contributed by atoms with Crippen LogP contribution in [0.2, 0.25) is 0 Å². The average molecular weight is 299 g/mol. The van der Waals surface area contributed by atoms with Crippen molar-refractivity contribution in [3.63, 3.8) is 0 Å². The molecule has 1 saturated heterocycles. The second kappa shape index (κ2) is 11.8. The first-order chi connectivity index (χ1) is 10.3. The molecule has 1 aliphatic heterocycles. The average Bonchev–Trinajstić information content (AvgIpc) is 2.51. The first kappa shape index (κ1) is 18.2. The summed E-state index contributed by atoms with van der Waals surface area (Å²) in [6, 6.07) is 0.451. The lowest BCUT2D eigenvalue weighted by molar-refractivity contribution is 0.0205. The second-order valence-corrected chi connectivity index (χ2v) is 5.70. The Balaban J connectivity index is 2.09. The monoisotopic (exact) mass is 299 g/mol. The smallest absolute Gasteiger partial charge is 0.191 e. The van der Waals surface area contributed by atoms with E-state index in [0.29, 0.717) is 12.0 Å². The summed E-state index contributed by atoms with van der Waals surface area (Å²) in [5, 5.41) is 6.67. The zero-order valence-corrected chi connectivity index (χ0v) is 14.0. The lowest BCUT2D eigenvalue weighted by Gasteiger charge is -2.21. The van der Waals surface area contributed by atoms with Gasteiger partial charge in [0.1, 0.15) is 0 Å². The fourth-order valence-corrected chi connectivity index (χ4v) is 2.18. The summed E-state index contributed by atoms with van der Waals surface area (Å²) in [7, 11) is 0. The van der Waals surface area contributed by atoms with E-state index in [1.165, 1.54) is 0 Å². The number of aliphatic imine (C=N–C) groups is 1. The number of ether oxygens (including phenoxy) is 2. The normalized spacial score (nSPS) is 18.5. The molecule has 0 aliphatic carbocycles. The standard InChI is InChI=1S/C16H33N3O2/c1-4-14(3)19-16(17-5-2)18-9-6-10-21-13-15-7-11-20-12-8-15/h14-15H,4-13H2,1-3H3,(H2,17,18,19).